The summed E-state index contributed by atoms with van der Waals surface area (Å²) in [4.78, 5) is 36.1. The molecule has 0 spiro atoms. The van der Waals surface area contributed by atoms with Gasteiger partial charge < -0.3 is 15.4 Å². The fourth-order valence-corrected chi connectivity index (χ4v) is 2.93. The zero-order chi connectivity index (χ0) is 21.0. The Balaban J connectivity index is 2.78. The van der Waals surface area contributed by atoms with E-state index in [9.17, 15) is 25.0 Å². The van der Waals surface area contributed by atoms with E-state index in [-0.39, 0.29) is 16.8 Å². The first-order valence-electron chi connectivity index (χ1n) is 8.45. The Hall–Kier alpha value is -3.69. The van der Waals surface area contributed by atoms with Crippen LogP contribution in [0.2, 0.25) is 0 Å². The smallest absolute Gasteiger partial charge is 0.322 e. The third-order valence-electron chi connectivity index (χ3n) is 4.36. The van der Waals surface area contributed by atoms with Crippen molar-refractivity contribution >= 4 is 28.5 Å². The number of ketones is 1. The molecule has 0 bridgehead atoms. The van der Waals surface area contributed by atoms with Gasteiger partial charge in [-0.15, -0.1) is 0 Å². The first kappa shape index (κ1) is 20.6. The van der Waals surface area contributed by atoms with Crippen LogP contribution < -0.4 is 15.4 Å². The molecule has 0 aliphatic carbocycles. The van der Waals surface area contributed by atoms with Crippen LogP contribution in [0.15, 0.2) is 30.3 Å². The fraction of sp³-hybridized carbons (Fsp3) is 0.278. The van der Waals surface area contributed by atoms with Gasteiger partial charge in [-0.3, -0.25) is 25.0 Å². The van der Waals surface area contributed by atoms with E-state index < -0.39 is 32.7 Å². The average molecular weight is 388 g/mol. The number of carbonyl (C=O) groups is 1. The zero-order valence-electron chi connectivity index (χ0n) is 15.7. The van der Waals surface area contributed by atoms with Gasteiger partial charge in [-0.25, -0.2) is 0 Å². The Bertz CT molecular complexity index is 923. The van der Waals surface area contributed by atoms with Crippen molar-refractivity contribution in [1.29, 1.82) is 0 Å². The minimum atomic E-state index is -0.870. The molecular weight excluding hydrogens is 368 g/mol. The third kappa shape index (κ3) is 3.70. The highest BCUT2D eigenvalue weighted by atomic mass is 16.6. The van der Waals surface area contributed by atoms with Gasteiger partial charge in [0.2, 0.25) is 0 Å². The molecule has 2 N–H and O–H groups in total. The summed E-state index contributed by atoms with van der Waals surface area (Å²) in [5, 5.41) is 23.1. The number of nitro groups is 2. The highest BCUT2D eigenvalue weighted by Crippen LogP contribution is 2.43. The van der Waals surface area contributed by atoms with E-state index in [1.807, 2.05) is 0 Å². The number of nitro benzene ring substituents is 2. The molecule has 2 aromatic rings. The second kappa shape index (κ2) is 8.33. The molecule has 0 radical (unpaired) electrons. The summed E-state index contributed by atoms with van der Waals surface area (Å²) < 4.78 is 5.04. The molecule has 10 nitrogen and oxygen atoms in total. The molecule has 0 heterocycles. The lowest BCUT2D eigenvalue weighted by atomic mass is 9.98. The molecule has 0 saturated carbocycles. The van der Waals surface area contributed by atoms with Crippen LogP contribution in [0.3, 0.4) is 0 Å². The minimum Gasteiger partial charge on any atom is -0.497 e. The maximum Gasteiger partial charge on any atom is 0.322 e. The van der Waals surface area contributed by atoms with E-state index in [1.54, 1.807) is 30.9 Å². The lowest BCUT2D eigenvalue weighted by molar-refractivity contribution is -0.392. The van der Waals surface area contributed by atoms with E-state index in [0.29, 0.717) is 18.8 Å². The molecule has 0 amide bonds. The number of nitrogen functional groups attached to an aromatic ring is 1. The van der Waals surface area contributed by atoms with Crippen LogP contribution in [-0.2, 0) is 0 Å². The largest absolute Gasteiger partial charge is 0.497 e. The standard InChI is InChI=1S/C18H20N4O6/c1-4-20(5-2)14-10-13(16(21(24)25)15(19)17(14)22(26)27)18(23)11-6-8-12(28-3)9-7-11/h6-10H,4-5,19H2,1-3H3. The number of rotatable bonds is 8. The first-order chi connectivity index (χ1) is 13.3. The number of methoxy groups -OCH3 is 1. The van der Waals surface area contributed by atoms with Gasteiger partial charge in [0.05, 0.1) is 17.0 Å². The number of anilines is 2. The Morgan fingerprint density at radius 3 is 2.04 bits per heavy atom. The first-order valence-corrected chi connectivity index (χ1v) is 8.45. The van der Waals surface area contributed by atoms with E-state index in [0.717, 1.165) is 0 Å². The molecule has 0 aliphatic rings. The van der Waals surface area contributed by atoms with E-state index in [2.05, 4.69) is 0 Å². The summed E-state index contributed by atoms with van der Waals surface area (Å²) in [6.45, 7) is 4.33. The molecule has 0 unspecified atom stereocenters. The third-order valence-corrected chi connectivity index (χ3v) is 4.36. The number of hydrogen-bond donors (Lipinski definition) is 1. The number of nitrogens with zero attached hydrogens (tertiary/aromatic N) is 3. The van der Waals surface area contributed by atoms with Crippen LogP contribution in [0, 0.1) is 20.2 Å². The average Bonchev–Trinajstić information content (AvgIpc) is 2.67. The van der Waals surface area contributed by atoms with Crippen LogP contribution in [0.4, 0.5) is 22.7 Å². The molecule has 0 atom stereocenters. The summed E-state index contributed by atoms with van der Waals surface area (Å²) in [6.07, 6.45) is 0. The van der Waals surface area contributed by atoms with Crippen molar-refractivity contribution in [2.24, 2.45) is 0 Å². The maximum atomic E-state index is 13.0. The minimum absolute atomic E-state index is 0.0648. The van der Waals surface area contributed by atoms with Gasteiger partial charge in [-0.2, -0.15) is 0 Å². The Morgan fingerprint density at radius 2 is 1.61 bits per heavy atom. The second-order valence-corrected chi connectivity index (χ2v) is 5.80. The van der Waals surface area contributed by atoms with Gasteiger partial charge in [-0.1, -0.05) is 0 Å². The normalized spacial score (nSPS) is 10.4. The van der Waals surface area contributed by atoms with Crippen LogP contribution in [0.1, 0.15) is 29.8 Å². The van der Waals surface area contributed by atoms with Gasteiger partial charge in [0.1, 0.15) is 17.0 Å². The molecular formula is C18H20N4O6. The molecule has 148 valence electrons. The van der Waals surface area contributed by atoms with Crippen LogP contribution in [0.5, 0.6) is 5.75 Å². The highest BCUT2D eigenvalue weighted by molar-refractivity contribution is 6.14. The maximum absolute atomic E-state index is 13.0. The van der Waals surface area contributed by atoms with Crippen molar-refractivity contribution in [2.45, 2.75) is 13.8 Å². The molecule has 10 heteroatoms. The van der Waals surface area contributed by atoms with Crippen molar-refractivity contribution in [3.63, 3.8) is 0 Å². The van der Waals surface area contributed by atoms with Gasteiger partial charge in [0, 0.05) is 18.7 Å². The number of nitrogens with two attached hydrogens (primary N) is 1. The van der Waals surface area contributed by atoms with E-state index in [1.165, 1.54) is 25.3 Å². The van der Waals surface area contributed by atoms with Crippen molar-refractivity contribution in [2.75, 3.05) is 30.8 Å². The van der Waals surface area contributed by atoms with Crippen molar-refractivity contribution in [3.05, 3.63) is 61.7 Å². The van der Waals surface area contributed by atoms with E-state index in [4.69, 9.17) is 10.5 Å². The van der Waals surface area contributed by atoms with Crippen LogP contribution >= 0.6 is 0 Å². The summed E-state index contributed by atoms with van der Waals surface area (Å²) in [5.41, 5.74) is 3.74. The predicted molar refractivity (Wildman–Crippen MR) is 104 cm³/mol. The molecule has 0 fully saturated rings. The molecule has 0 aliphatic heterocycles. The number of carbonyl (C=O) groups excluding carboxylic acids is 1. The SMILES string of the molecule is CCN(CC)c1cc(C(=O)c2ccc(OC)cc2)c([N+](=O)[O-])c(N)c1[N+](=O)[O-]. The van der Waals surface area contributed by atoms with Gasteiger partial charge in [0.15, 0.2) is 11.5 Å². The summed E-state index contributed by atoms with van der Waals surface area (Å²) >= 11 is 0. The monoisotopic (exact) mass is 388 g/mol. The van der Waals surface area contributed by atoms with Crippen LogP contribution in [0.25, 0.3) is 0 Å². The molecule has 2 aromatic carbocycles. The number of ether oxygens (including phenoxy) is 1. The second-order valence-electron chi connectivity index (χ2n) is 5.80. The van der Waals surface area contributed by atoms with Crippen molar-refractivity contribution in [3.8, 4) is 5.75 Å². The van der Waals surface area contributed by atoms with Gasteiger partial charge in [0.25, 0.3) is 0 Å². The van der Waals surface area contributed by atoms with Crippen LogP contribution in [-0.4, -0.2) is 35.8 Å². The molecule has 0 aromatic heterocycles. The summed E-state index contributed by atoms with van der Waals surface area (Å²) in [5.74, 6) is -0.151. The van der Waals surface area contributed by atoms with Crippen molar-refractivity contribution < 1.29 is 19.4 Å². The molecule has 2 rings (SSSR count). The van der Waals surface area contributed by atoms with Gasteiger partial charge in [-0.05, 0) is 44.2 Å². The Labute approximate surface area is 160 Å². The quantitative estimate of drug-likeness (QED) is 0.314. The lowest BCUT2D eigenvalue weighted by Crippen LogP contribution is -2.24. The fourth-order valence-electron chi connectivity index (χ4n) is 2.93. The van der Waals surface area contributed by atoms with Gasteiger partial charge >= 0.3 is 11.4 Å². The summed E-state index contributed by atoms with van der Waals surface area (Å²) in [7, 11) is 1.47. The number of hydrogen-bond acceptors (Lipinski definition) is 8. The Kier molecular flexibility index (Phi) is 6.14. The zero-order valence-corrected chi connectivity index (χ0v) is 15.7. The molecule has 0 saturated heterocycles. The highest BCUT2D eigenvalue weighted by Gasteiger charge is 2.35. The van der Waals surface area contributed by atoms with Crippen molar-refractivity contribution in [1.82, 2.24) is 0 Å². The lowest BCUT2D eigenvalue weighted by Gasteiger charge is -2.22. The topological polar surface area (TPSA) is 142 Å². The summed E-state index contributed by atoms with van der Waals surface area (Å²) in [6, 6.07) is 7.17. The Morgan fingerprint density at radius 1 is 1.07 bits per heavy atom. The van der Waals surface area contributed by atoms with E-state index >= 15 is 0 Å². The number of benzene rings is 2. The predicted octanol–water partition coefficient (Wildman–Crippen LogP) is 3.17. The molecule has 28 heavy (non-hydrogen) atoms.